The van der Waals surface area contributed by atoms with Crippen molar-refractivity contribution >= 4 is 23.0 Å². The molecule has 0 spiro atoms. The molecule has 0 aliphatic rings. The maximum absolute atomic E-state index is 5.47. The molecule has 0 atom stereocenters. The monoisotopic (exact) mass is 286 g/mol. The second kappa shape index (κ2) is 7.50. The zero-order valence-electron chi connectivity index (χ0n) is 11.4. The molecule has 0 unspecified atom stereocenters. The summed E-state index contributed by atoms with van der Waals surface area (Å²) in [5.74, 6) is 0.883. The van der Waals surface area contributed by atoms with Crippen molar-refractivity contribution in [3.63, 3.8) is 0 Å². The number of para-hydroxylation sites is 1. The van der Waals surface area contributed by atoms with E-state index < -0.39 is 0 Å². The van der Waals surface area contributed by atoms with Gasteiger partial charge >= 0.3 is 0 Å². The van der Waals surface area contributed by atoms with Gasteiger partial charge in [-0.3, -0.25) is 0 Å². The third kappa shape index (κ3) is 4.55. The maximum atomic E-state index is 5.47. The van der Waals surface area contributed by atoms with E-state index in [1.54, 1.807) is 0 Å². The van der Waals surface area contributed by atoms with E-state index in [0.29, 0.717) is 18.3 Å². The molecule has 4 heteroatoms. The lowest BCUT2D eigenvalue weighted by Crippen LogP contribution is -2.27. The van der Waals surface area contributed by atoms with Gasteiger partial charge in [0.2, 0.25) is 0 Å². The fourth-order valence-corrected chi connectivity index (χ4v) is 1.98. The highest BCUT2D eigenvalue weighted by Crippen LogP contribution is 2.13. The number of hydrogen-bond donors (Lipinski definition) is 2. The van der Waals surface area contributed by atoms with Gasteiger partial charge in [-0.1, -0.05) is 30.3 Å². The van der Waals surface area contributed by atoms with Crippen LogP contribution in [0.4, 0.5) is 5.69 Å². The Labute approximate surface area is 125 Å². The first-order valence-corrected chi connectivity index (χ1v) is 7.00. The van der Waals surface area contributed by atoms with E-state index in [4.69, 9.17) is 17.0 Å². The quantitative estimate of drug-likeness (QED) is 0.823. The van der Waals surface area contributed by atoms with E-state index in [-0.39, 0.29) is 0 Å². The minimum atomic E-state index is 0.609. The first kappa shape index (κ1) is 14.3. The average molecular weight is 286 g/mol. The number of thiocarbonyl (C=S) groups is 1. The van der Waals surface area contributed by atoms with Crippen molar-refractivity contribution in [2.24, 2.45) is 0 Å². The van der Waals surface area contributed by atoms with Gasteiger partial charge in [0.25, 0.3) is 0 Å². The highest BCUT2D eigenvalue weighted by atomic mass is 32.1. The van der Waals surface area contributed by atoms with Crippen molar-refractivity contribution in [3.8, 4) is 5.75 Å². The molecule has 2 rings (SSSR count). The normalized spacial score (nSPS) is 9.85. The largest absolute Gasteiger partial charge is 0.494 e. The van der Waals surface area contributed by atoms with E-state index in [0.717, 1.165) is 17.0 Å². The Morgan fingerprint density at radius 3 is 2.65 bits per heavy atom. The number of nitrogens with one attached hydrogen (secondary N) is 2. The number of anilines is 1. The molecule has 3 nitrogen and oxygen atoms in total. The van der Waals surface area contributed by atoms with Crippen LogP contribution in [0.25, 0.3) is 0 Å². The fourth-order valence-electron chi connectivity index (χ4n) is 1.79. The highest BCUT2D eigenvalue weighted by Gasteiger charge is 1.99. The van der Waals surface area contributed by atoms with Crippen LogP contribution in [0, 0.1) is 0 Å². The van der Waals surface area contributed by atoms with Crippen LogP contribution in [0.2, 0.25) is 0 Å². The molecular formula is C16H18N2OS. The third-order valence-corrected chi connectivity index (χ3v) is 2.94. The van der Waals surface area contributed by atoms with Crippen molar-refractivity contribution in [3.05, 3.63) is 60.2 Å². The van der Waals surface area contributed by atoms with E-state index in [1.807, 2.05) is 61.5 Å². The summed E-state index contributed by atoms with van der Waals surface area (Å²) in [6.45, 7) is 3.31. The summed E-state index contributed by atoms with van der Waals surface area (Å²) in [6, 6.07) is 17.9. The lowest BCUT2D eigenvalue weighted by atomic mass is 10.2. The smallest absolute Gasteiger partial charge is 0.171 e. The van der Waals surface area contributed by atoms with E-state index >= 15 is 0 Å². The topological polar surface area (TPSA) is 33.3 Å². The standard InChI is InChI=1S/C16H18N2OS/c1-2-19-15-10-6-7-13(11-15)12-17-16(20)18-14-8-4-3-5-9-14/h3-11H,2,12H2,1H3,(H2,17,18,20). The molecule has 0 aliphatic carbocycles. The molecule has 104 valence electrons. The van der Waals surface area contributed by atoms with Gasteiger partial charge in [0.1, 0.15) is 5.75 Å². The molecule has 0 fully saturated rings. The van der Waals surface area contributed by atoms with E-state index in [2.05, 4.69) is 10.6 Å². The van der Waals surface area contributed by atoms with E-state index in [9.17, 15) is 0 Å². The Morgan fingerprint density at radius 1 is 1.10 bits per heavy atom. The fraction of sp³-hybridized carbons (Fsp3) is 0.188. The van der Waals surface area contributed by atoms with Crippen LogP contribution in [0.1, 0.15) is 12.5 Å². The summed E-state index contributed by atoms with van der Waals surface area (Å²) < 4.78 is 5.47. The Morgan fingerprint density at radius 2 is 1.90 bits per heavy atom. The lowest BCUT2D eigenvalue weighted by Gasteiger charge is -2.11. The zero-order valence-corrected chi connectivity index (χ0v) is 12.2. The van der Waals surface area contributed by atoms with Crippen LogP contribution in [0.3, 0.4) is 0 Å². The average Bonchev–Trinajstić information content (AvgIpc) is 2.47. The molecule has 0 saturated carbocycles. The van der Waals surface area contributed by atoms with Gasteiger partial charge in [-0.05, 0) is 49.0 Å². The van der Waals surface area contributed by atoms with Gasteiger partial charge in [-0.2, -0.15) is 0 Å². The molecule has 20 heavy (non-hydrogen) atoms. The van der Waals surface area contributed by atoms with Crippen LogP contribution < -0.4 is 15.4 Å². The van der Waals surface area contributed by atoms with Crippen LogP contribution >= 0.6 is 12.2 Å². The Balaban J connectivity index is 1.85. The molecular weight excluding hydrogens is 268 g/mol. The number of hydrogen-bond acceptors (Lipinski definition) is 2. The second-order valence-electron chi connectivity index (χ2n) is 4.25. The van der Waals surface area contributed by atoms with Gasteiger partial charge in [0, 0.05) is 12.2 Å². The molecule has 0 aromatic heterocycles. The Bertz CT molecular complexity index is 557. The molecule has 0 heterocycles. The van der Waals surface area contributed by atoms with Gasteiger partial charge in [-0.15, -0.1) is 0 Å². The number of benzene rings is 2. The van der Waals surface area contributed by atoms with Gasteiger partial charge < -0.3 is 15.4 Å². The van der Waals surface area contributed by atoms with Gasteiger partial charge in [-0.25, -0.2) is 0 Å². The minimum Gasteiger partial charge on any atom is -0.494 e. The minimum absolute atomic E-state index is 0.609. The van der Waals surface area contributed by atoms with Crippen molar-refractivity contribution in [1.29, 1.82) is 0 Å². The molecule has 0 radical (unpaired) electrons. The lowest BCUT2D eigenvalue weighted by molar-refractivity contribution is 0.340. The molecule has 2 aromatic rings. The van der Waals surface area contributed by atoms with Crippen LogP contribution in [0.15, 0.2) is 54.6 Å². The summed E-state index contributed by atoms with van der Waals surface area (Å²) in [6.07, 6.45) is 0. The Kier molecular flexibility index (Phi) is 5.38. The van der Waals surface area contributed by atoms with Crippen molar-refractivity contribution in [2.75, 3.05) is 11.9 Å². The summed E-state index contributed by atoms with van der Waals surface area (Å²) >= 11 is 5.27. The number of rotatable bonds is 5. The summed E-state index contributed by atoms with van der Waals surface area (Å²) in [5, 5.41) is 6.93. The van der Waals surface area contributed by atoms with Gasteiger partial charge in [0.05, 0.1) is 6.61 Å². The number of ether oxygens (including phenoxy) is 1. The van der Waals surface area contributed by atoms with Gasteiger partial charge in [0.15, 0.2) is 5.11 Å². The van der Waals surface area contributed by atoms with E-state index in [1.165, 1.54) is 0 Å². The molecule has 2 N–H and O–H groups in total. The summed E-state index contributed by atoms with van der Waals surface area (Å²) in [4.78, 5) is 0. The molecule has 0 amide bonds. The maximum Gasteiger partial charge on any atom is 0.171 e. The van der Waals surface area contributed by atoms with Crippen LogP contribution in [-0.4, -0.2) is 11.7 Å². The van der Waals surface area contributed by atoms with Crippen LogP contribution in [-0.2, 0) is 6.54 Å². The van der Waals surface area contributed by atoms with Crippen molar-refractivity contribution in [1.82, 2.24) is 5.32 Å². The zero-order chi connectivity index (χ0) is 14.2. The first-order valence-electron chi connectivity index (χ1n) is 6.59. The Hall–Kier alpha value is -2.07. The molecule has 0 aliphatic heterocycles. The third-order valence-electron chi connectivity index (χ3n) is 2.69. The van der Waals surface area contributed by atoms with Crippen molar-refractivity contribution < 1.29 is 4.74 Å². The molecule has 0 bridgehead atoms. The van der Waals surface area contributed by atoms with Crippen molar-refractivity contribution in [2.45, 2.75) is 13.5 Å². The second-order valence-corrected chi connectivity index (χ2v) is 4.66. The predicted octanol–water partition coefficient (Wildman–Crippen LogP) is 3.57. The first-order chi connectivity index (χ1) is 9.78. The van der Waals surface area contributed by atoms with Crippen LogP contribution in [0.5, 0.6) is 5.75 Å². The molecule has 2 aromatic carbocycles. The SMILES string of the molecule is CCOc1cccc(CNC(=S)Nc2ccccc2)c1. The summed E-state index contributed by atoms with van der Waals surface area (Å²) in [5.41, 5.74) is 2.11. The highest BCUT2D eigenvalue weighted by molar-refractivity contribution is 7.80. The molecule has 0 saturated heterocycles. The summed E-state index contributed by atoms with van der Waals surface area (Å²) in [7, 11) is 0. The predicted molar refractivity (Wildman–Crippen MR) is 87.1 cm³/mol.